The summed E-state index contributed by atoms with van der Waals surface area (Å²) >= 11 is 0. The monoisotopic (exact) mass is 331 g/mol. The number of aryl methyl sites for hydroxylation is 1. The van der Waals surface area contributed by atoms with Crippen molar-refractivity contribution >= 4 is 22.7 Å². The minimum Gasteiger partial charge on any atom is -0.357 e. The van der Waals surface area contributed by atoms with Gasteiger partial charge in [-0.2, -0.15) is 0 Å². The standard InChI is InChI=1S/C18H25N3O3/c1-11(2)6-8-15(17(23)19-4)21-14-9-7-13(12(3)22)10-16(14)20(5)18(21)24/h7,9-11,15H,6,8H2,1-5H3,(H,19,23). The highest BCUT2D eigenvalue weighted by Gasteiger charge is 2.25. The SMILES string of the molecule is CNC(=O)C(CCC(C)C)n1c(=O)n(C)c2cc(C(C)=O)ccc21. The Morgan fingerprint density at radius 3 is 2.38 bits per heavy atom. The van der Waals surface area contributed by atoms with Gasteiger partial charge in [-0.05, 0) is 43.9 Å². The predicted octanol–water partition coefficient (Wildman–Crippen LogP) is 2.27. The zero-order chi connectivity index (χ0) is 18.0. The van der Waals surface area contributed by atoms with Crippen molar-refractivity contribution in [3.63, 3.8) is 0 Å². The molecule has 0 aliphatic carbocycles. The van der Waals surface area contributed by atoms with Gasteiger partial charge in [-0.1, -0.05) is 13.8 Å². The lowest BCUT2D eigenvalue weighted by Crippen LogP contribution is -2.36. The normalized spacial score (nSPS) is 12.6. The van der Waals surface area contributed by atoms with Crippen molar-refractivity contribution in [3.05, 3.63) is 34.2 Å². The number of nitrogens with zero attached hydrogens (tertiary/aromatic N) is 2. The largest absolute Gasteiger partial charge is 0.357 e. The number of hydrogen-bond donors (Lipinski definition) is 1. The minimum atomic E-state index is -0.559. The van der Waals surface area contributed by atoms with Crippen LogP contribution in [0.1, 0.15) is 50.0 Å². The van der Waals surface area contributed by atoms with Gasteiger partial charge in [0.1, 0.15) is 6.04 Å². The molecule has 0 fully saturated rings. The maximum Gasteiger partial charge on any atom is 0.329 e. The number of Topliss-reactive ketones (excluding diaryl/α,β-unsaturated/α-hetero) is 1. The molecule has 1 N–H and O–H groups in total. The number of likely N-dealkylation sites (N-methyl/N-ethyl adjacent to an activating group) is 1. The van der Waals surface area contributed by atoms with Crippen LogP contribution in [0.5, 0.6) is 0 Å². The Balaban J connectivity index is 2.64. The van der Waals surface area contributed by atoms with E-state index in [0.717, 1.165) is 6.42 Å². The van der Waals surface area contributed by atoms with E-state index in [4.69, 9.17) is 0 Å². The Bertz CT molecular complexity index is 830. The molecule has 24 heavy (non-hydrogen) atoms. The molecule has 1 amide bonds. The first kappa shape index (κ1) is 18.0. The van der Waals surface area contributed by atoms with E-state index in [2.05, 4.69) is 19.2 Å². The Morgan fingerprint density at radius 1 is 1.17 bits per heavy atom. The first-order chi connectivity index (χ1) is 11.3. The molecule has 1 aromatic heterocycles. The fraction of sp³-hybridized carbons (Fsp3) is 0.500. The van der Waals surface area contributed by atoms with Crippen molar-refractivity contribution in [2.24, 2.45) is 13.0 Å². The second-order valence-electron chi connectivity index (χ2n) is 6.57. The fourth-order valence-electron chi connectivity index (χ4n) is 2.92. The van der Waals surface area contributed by atoms with Crippen LogP contribution in [-0.2, 0) is 11.8 Å². The van der Waals surface area contributed by atoms with Crippen molar-refractivity contribution in [3.8, 4) is 0 Å². The number of imidazole rings is 1. The molecule has 0 saturated carbocycles. The smallest absolute Gasteiger partial charge is 0.329 e. The molecule has 1 heterocycles. The summed E-state index contributed by atoms with van der Waals surface area (Å²) in [5.74, 6) is 0.202. The summed E-state index contributed by atoms with van der Waals surface area (Å²) in [5.41, 5.74) is 1.63. The topological polar surface area (TPSA) is 73.1 Å². The summed E-state index contributed by atoms with van der Waals surface area (Å²) < 4.78 is 3.04. The molecule has 130 valence electrons. The number of fused-ring (bicyclic) bond motifs is 1. The Kier molecular flexibility index (Phi) is 5.26. The molecule has 0 aliphatic heterocycles. The molecular weight excluding hydrogens is 306 g/mol. The van der Waals surface area contributed by atoms with Crippen LogP contribution in [0.4, 0.5) is 0 Å². The van der Waals surface area contributed by atoms with E-state index in [1.54, 1.807) is 36.9 Å². The fourth-order valence-corrected chi connectivity index (χ4v) is 2.92. The molecule has 1 atom stereocenters. The molecule has 0 aliphatic rings. The van der Waals surface area contributed by atoms with Crippen molar-refractivity contribution in [2.75, 3.05) is 7.05 Å². The van der Waals surface area contributed by atoms with Gasteiger partial charge < -0.3 is 5.32 Å². The lowest BCUT2D eigenvalue weighted by molar-refractivity contribution is -0.124. The molecule has 1 aromatic carbocycles. The summed E-state index contributed by atoms with van der Waals surface area (Å²) in [4.78, 5) is 36.7. The van der Waals surface area contributed by atoms with Gasteiger partial charge in [0.05, 0.1) is 11.0 Å². The molecule has 2 rings (SSSR count). The number of ketones is 1. The van der Waals surface area contributed by atoms with Crippen LogP contribution in [0.2, 0.25) is 0 Å². The molecule has 0 spiro atoms. The summed E-state index contributed by atoms with van der Waals surface area (Å²) in [7, 11) is 3.24. The van der Waals surface area contributed by atoms with E-state index in [1.807, 2.05) is 0 Å². The Morgan fingerprint density at radius 2 is 1.83 bits per heavy atom. The van der Waals surface area contributed by atoms with Crippen LogP contribution >= 0.6 is 0 Å². The lowest BCUT2D eigenvalue weighted by Gasteiger charge is -2.18. The molecule has 0 bridgehead atoms. The minimum absolute atomic E-state index is 0.0558. The molecule has 6 heteroatoms. The third-order valence-electron chi connectivity index (χ3n) is 4.37. The number of carbonyl (C=O) groups excluding carboxylic acids is 2. The van der Waals surface area contributed by atoms with Crippen LogP contribution in [0.15, 0.2) is 23.0 Å². The molecule has 0 radical (unpaired) electrons. The second-order valence-corrected chi connectivity index (χ2v) is 6.57. The van der Waals surface area contributed by atoms with Crippen molar-refractivity contribution < 1.29 is 9.59 Å². The van der Waals surface area contributed by atoms with Gasteiger partial charge in [-0.25, -0.2) is 4.79 Å². The van der Waals surface area contributed by atoms with Crippen molar-refractivity contribution in [1.82, 2.24) is 14.5 Å². The number of carbonyl (C=O) groups is 2. The molecule has 2 aromatic rings. The zero-order valence-electron chi connectivity index (χ0n) is 14.9. The third-order valence-corrected chi connectivity index (χ3v) is 4.37. The van der Waals surface area contributed by atoms with Gasteiger partial charge in [0.25, 0.3) is 0 Å². The second kappa shape index (κ2) is 7.03. The number of amides is 1. The average Bonchev–Trinajstić information content (AvgIpc) is 2.79. The van der Waals surface area contributed by atoms with Crippen molar-refractivity contribution in [1.29, 1.82) is 0 Å². The van der Waals surface area contributed by atoms with E-state index in [1.165, 1.54) is 11.5 Å². The van der Waals surface area contributed by atoms with Crippen LogP contribution in [0.25, 0.3) is 11.0 Å². The third kappa shape index (κ3) is 3.27. The summed E-state index contributed by atoms with van der Waals surface area (Å²) in [5, 5.41) is 2.66. The summed E-state index contributed by atoms with van der Waals surface area (Å²) in [6.45, 7) is 5.67. The Hall–Kier alpha value is -2.37. The van der Waals surface area contributed by atoms with Gasteiger partial charge in [0.15, 0.2) is 5.78 Å². The van der Waals surface area contributed by atoms with Crippen LogP contribution < -0.4 is 11.0 Å². The number of benzene rings is 1. The molecule has 6 nitrogen and oxygen atoms in total. The van der Waals surface area contributed by atoms with E-state index in [0.29, 0.717) is 28.9 Å². The maximum absolute atomic E-state index is 12.7. The summed E-state index contributed by atoms with van der Waals surface area (Å²) in [6, 6.07) is 4.60. The van der Waals surface area contributed by atoms with E-state index in [-0.39, 0.29) is 17.4 Å². The number of nitrogens with one attached hydrogen (secondary N) is 1. The predicted molar refractivity (Wildman–Crippen MR) is 94.4 cm³/mol. The maximum atomic E-state index is 12.7. The van der Waals surface area contributed by atoms with Gasteiger partial charge in [-0.15, -0.1) is 0 Å². The lowest BCUT2D eigenvalue weighted by atomic mass is 10.0. The highest BCUT2D eigenvalue weighted by atomic mass is 16.2. The quantitative estimate of drug-likeness (QED) is 0.825. The average molecular weight is 331 g/mol. The number of hydrogen-bond acceptors (Lipinski definition) is 3. The highest BCUT2D eigenvalue weighted by Crippen LogP contribution is 2.23. The first-order valence-electron chi connectivity index (χ1n) is 8.21. The molecular formula is C18H25N3O3. The van der Waals surface area contributed by atoms with E-state index in [9.17, 15) is 14.4 Å². The van der Waals surface area contributed by atoms with Crippen LogP contribution in [0, 0.1) is 5.92 Å². The Labute approximate surface area is 141 Å². The first-order valence-corrected chi connectivity index (χ1v) is 8.21. The van der Waals surface area contributed by atoms with E-state index < -0.39 is 6.04 Å². The van der Waals surface area contributed by atoms with E-state index >= 15 is 0 Å². The number of aromatic nitrogens is 2. The van der Waals surface area contributed by atoms with Gasteiger partial charge in [0.2, 0.25) is 5.91 Å². The summed E-state index contributed by atoms with van der Waals surface area (Å²) in [6.07, 6.45) is 1.43. The van der Waals surface area contributed by atoms with Crippen molar-refractivity contribution in [2.45, 2.75) is 39.7 Å². The van der Waals surface area contributed by atoms with Crippen LogP contribution in [0.3, 0.4) is 0 Å². The van der Waals surface area contributed by atoms with Gasteiger partial charge in [0, 0.05) is 19.7 Å². The molecule has 0 saturated heterocycles. The zero-order valence-corrected chi connectivity index (χ0v) is 14.9. The van der Waals surface area contributed by atoms with Gasteiger partial charge in [-0.3, -0.25) is 18.7 Å². The highest BCUT2D eigenvalue weighted by molar-refractivity contribution is 5.97. The van der Waals surface area contributed by atoms with Gasteiger partial charge >= 0.3 is 5.69 Å². The van der Waals surface area contributed by atoms with Crippen LogP contribution in [-0.4, -0.2) is 27.9 Å². The molecule has 1 unspecified atom stereocenters. The number of rotatable bonds is 6.